The van der Waals surface area contributed by atoms with Gasteiger partial charge in [0.25, 0.3) is 0 Å². The first kappa shape index (κ1) is 9.86. The lowest BCUT2D eigenvalue weighted by atomic mass is 10.3. The number of pyridine rings is 1. The zero-order valence-electron chi connectivity index (χ0n) is 7.82. The molecule has 2 rings (SSSR count). The second kappa shape index (κ2) is 3.47. The Kier molecular flexibility index (Phi) is 2.45. The van der Waals surface area contributed by atoms with E-state index < -0.39 is 11.0 Å². The van der Waals surface area contributed by atoms with Gasteiger partial charge in [-0.2, -0.15) is 0 Å². The molecule has 74 valence electrons. The number of fused-ring (bicyclic) bond motifs is 1. The second-order valence-electron chi connectivity index (χ2n) is 3.02. The minimum Gasteiger partial charge on any atom is -0.265 e. The van der Waals surface area contributed by atoms with Gasteiger partial charge in [0.1, 0.15) is 11.0 Å². The molecule has 0 saturated heterocycles. The van der Waals surface area contributed by atoms with E-state index >= 15 is 0 Å². The quantitative estimate of drug-likeness (QED) is 0.798. The van der Waals surface area contributed by atoms with Gasteiger partial charge in [0.05, 0.1) is 11.2 Å². The van der Waals surface area contributed by atoms with Gasteiger partial charge in [-0.15, -0.1) is 0 Å². The number of hydrogen-bond donors (Lipinski definition) is 0. The predicted molar refractivity (Wildman–Crippen MR) is 61.6 cm³/mol. The molecule has 0 amide bonds. The van der Waals surface area contributed by atoms with Crippen LogP contribution in [0.1, 0.15) is 5.69 Å². The summed E-state index contributed by atoms with van der Waals surface area (Å²) in [6.07, 6.45) is 5.24. The minimum atomic E-state index is -1.04. The molecular formula is C9H9BrN2OS. The predicted octanol–water partition coefficient (Wildman–Crippen LogP) is 2.25. The van der Waals surface area contributed by atoms with Crippen LogP contribution in [0.15, 0.2) is 22.9 Å². The standard InChI is InChI=1S/C9H9BrN2OS/c1-6-9-7(8(10)5-11-6)3-4-12(9)14(2)13/h3-5H,1-2H3. The molecule has 0 spiro atoms. The molecule has 3 nitrogen and oxygen atoms in total. The van der Waals surface area contributed by atoms with Gasteiger partial charge in [0.15, 0.2) is 0 Å². The SMILES string of the molecule is Cc1ncc(Br)c2ccn(S(C)=O)c12. The number of nitrogens with zero attached hydrogens (tertiary/aromatic N) is 2. The van der Waals surface area contributed by atoms with Gasteiger partial charge in [-0.25, -0.2) is 4.21 Å². The lowest BCUT2D eigenvalue weighted by Crippen LogP contribution is -2.01. The first-order valence-corrected chi connectivity index (χ1v) is 6.38. The van der Waals surface area contributed by atoms with Gasteiger partial charge in [0, 0.05) is 28.5 Å². The molecule has 2 aromatic heterocycles. The molecule has 0 N–H and O–H groups in total. The fourth-order valence-corrected chi connectivity index (χ4v) is 2.60. The third-order valence-corrected chi connectivity index (χ3v) is 3.59. The van der Waals surface area contributed by atoms with Crippen LogP contribution in [0.2, 0.25) is 0 Å². The van der Waals surface area contributed by atoms with Crippen molar-refractivity contribution in [2.24, 2.45) is 0 Å². The maximum absolute atomic E-state index is 11.4. The molecule has 5 heteroatoms. The molecule has 1 atom stereocenters. The Morgan fingerprint density at radius 2 is 2.29 bits per heavy atom. The van der Waals surface area contributed by atoms with Crippen molar-refractivity contribution in [3.05, 3.63) is 28.6 Å². The summed E-state index contributed by atoms with van der Waals surface area (Å²) >= 11 is 3.42. The van der Waals surface area contributed by atoms with Gasteiger partial charge in [0.2, 0.25) is 0 Å². The van der Waals surface area contributed by atoms with Crippen molar-refractivity contribution in [3.63, 3.8) is 0 Å². The van der Waals surface area contributed by atoms with Crippen molar-refractivity contribution in [1.82, 2.24) is 8.96 Å². The highest BCUT2D eigenvalue weighted by Crippen LogP contribution is 2.26. The van der Waals surface area contributed by atoms with E-state index in [4.69, 9.17) is 0 Å². The van der Waals surface area contributed by atoms with Crippen LogP contribution in [0, 0.1) is 6.92 Å². The van der Waals surface area contributed by atoms with E-state index in [0.29, 0.717) is 0 Å². The van der Waals surface area contributed by atoms with Crippen LogP contribution in [-0.2, 0) is 11.0 Å². The second-order valence-corrected chi connectivity index (χ2v) is 5.11. The zero-order valence-corrected chi connectivity index (χ0v) is 10.2. The summed E-state index contributed by atoms with van der Waals surface area (Å²) in [6.45, 7) is 1.91. The molecule has 2 aromatic rings. The van der Waals surface area contributed by atoms with Gasteiger partial charge in [-0.1, -0.05) is 0 Å². The molecule has 0 radical (unpaired) electrons. The lowest BCUT2D eigenvalue weighted by Gasteiger charge is -2.03. The molecule has 0 fully saturated rings. The van der Waals surface area contributed by atoms with Gasteiger partial charge < -0.3 is 0 Å². The summed E-state index contributed by atoms with van der Waals surface area (Å²) in [4.78, 5) is 4.22. The van der Waals surface area contributed by atoms with Crippen LogP contribution >= 0.6 is 15.9 Å². The highest BCUT2D eigenvalue weighted by atomic mass is 79.9. The lowest BCUT2D eigenvalue weighted by molar-refractivity contribution is 0.682. The van der Waals surface area contributed by atoms with Crippen LogP contribution in [-0.4, -0.2) is 19.4 Å². The maximum Gasteiger partial charge on any atom is 0.120 e. The van der Waals surface area contributed by atoms with E-state index in [-0.39, 0.29) is 0 Å². The van der Waals surface area contributed by atoms with Crippen LogP contribution in [0.4, 0.5) is 0 Å². The molecule has 0 bridgehead atoms. The molecule has 0 saturated carbocycles. The van der Waals surface area contributed by atoms with Gasteiger partial charge in [-0.3, -0.25) is 8.96 Å². The summed E-state index contributed by atoms with van der Waals surface area (Å²) in [5.74, 6) is 0. The fraction of sp³-hybridized carbons (Fsp3) is 0.222. The minimum absolute atomic E-state index is 0.892. The van der Waals surface area contributed by atoms with Crippen molar-refractivity contribution in [2.75, 3.05) is 6.26 Å². The molecular weight excluding hydrogens is 264 g/mol. The van der Waals surface area contributed by atoms with Gasteiger partial charge in [-0.05, 0) is 28.9 Å². The summed E-state index contributed by atoms with van der Waals surface area (Å²) < 4.78 is 14.1. The average Bonchev–Trinajstić information content (AvgIpc) is 2.56. The van der Waals surface area contributed by atoms with Crippen molar-refractivity contribution in [2.45, 2.75) is 6.92 Å². The van der Waals surface area contributed by atoms with E-state index in [1.54, 1.807) is 16.4 Å². The van der Waals surface area contributed by atoms with Crippen molar-refractivity contribution in [1.29, 1.82) is 0 Å². The Bertz CT molecular complexity index is 521. The van der Waals surface area contributed by atoms with Crippen LogP contribution < -0.4 is 0 Å². The number of rotatable bonds is 1. The number of aromatic nitrogens is 2. The summed E-state index contributed by atoms with van der Waals surface area (Å²) in [7, 11) is -1.04. The van der Waals surface area contributed by atoms with Crippen molar-refractivity contribution in [3.8, 4) is 0 Å². The smallest absolute Gasteiger partial charge is 0.120 e. The highest BCUT2D eigenvalue weighted by molar-refractivity contribution is 9.10. The highest BCUT2D eigenvalue weighted by Gasteiger charge is 2.09. The van der Waals surface area contributed by atoms with E-state index in [9.17, 15) is 4.21 Å². The summed E-state index contributed by atoms with van der Waals surface area (Å²) in [6, 6.07) is 1.94. The zero-order chi connectivity index (χ0) is 10.3. The van der Waals surface area contributed by atoms with Crippen LogP contribution in [0.3, 0.4) is 0 Å². The Balaban J connectivity index is 2.90. The average molecular weight is 273 g/mol. The molecule has 14 heavy (non-hydrogen) atoms. The maximum atomic E-state index is 11.4. The molecule has 0 aliphatic carbocycles. The van der Waals surface area contributed by atoms with Crippen molar-refractivity contribution < 1.29 is 4.21 Å². The van der Waals surface area contributed by atoms with E-state index in [1.807, 2.05) is 19.2 Å². The normalized spacial score (nSPS) is 13.4. The van der Waals surface area contributed by atoms with Crippen LogP contribution in [0.5, 0.6) is 0 Å². The van der Waals surface area contributed by atoms with Crippen molar-refractivity contribution >= 4 is 37.8 Å². The number of hydrogen-bond acceptors (Lipinski definition) is 2. The Labute approximate surface area is 92.9 Å². The third-order valence-electron chi connectivity index (χ3n) is 2.10. The van der Waals surface area contributed by atoms with E-state index in [2.05, 4.69) is 20.9 Å². The first-order chi connectivity index (χ1) is 6.61. The fourth-order valence-electron chi connectivity index (χ4n) is 1.46. The molecule has 0 aliphatic heterocycles. The first-order valence-electron chi connectivity index (χ1n) is 4.07. The van der Waals surface area contributed by atoms with E-state index in [1.165, 1.54) is 0 Å². The monoisotopic (exact) mass is 272 g/mol. The number of halogens is 1. The van der Waals surface area contributed by atoms with Gasteiger partial charge >= 0.3 is 0 Å². The third kappa shape index (κ3) is 1.40. The molecule has 2 heterocycles. The Morgan fingerprint density at radius 3 is 2.93 bits per heavy atom. The number of aryl methyl sites for hydroxylation is 1. The largest absolute Gasteiger partial charge is 0.265 e. The summed E-state index contributed by atoms with van der Waals surface area (Å²) in [5.41, 5.74) is 1.82. The van der Waals surface area contributed by atoms with Crippen LogP contribution in [0.25, 0.3) is 10.9 Å². The Hall–Kier alpha value is -0.680. The topological polar surface area (TPSA) is 34.9 Å². The molecule has 1 unspecified atom stereocenters. The summed E-state index contributed by atoms with van der Waals surface area (Å²) in [5, 5.41) is 1.05. The Morgan fingerprint density at radius 1 is 1.57 bits per heavy atom. The molecule has 0 aromatic carbocycles. The molecule has 0 aliphatic rings. The van der Waals surface area contributed by atoms with E-state index in [0.717, 1.165) is 21.1 Å².